The van der Waals surface area contributed by atoms with E-state index >= 15 is 0 Å². The monoisotopic (exact) mass is 572 g/mol. The number of Topliss-reactive ketones (excluding diaryl/α,β-unsaturated/α-hetero) is 2. The first-order valence-corrected chi connectivity index (χ1v) is 15.5. The van der Waals surface area contributed by atoms with Gasteiger partial charge >= 0.3 is 5.97 Å². The molecule has 3 fully saturated rings. The number of aliphatic hydroxyl groups excluding tert-OH is 4. The lowest BCUT2D eigenvalue weighted by molar-refractivity contribution is -0.150. The molecule has 228 valence electrons. The number of carboxylic acids is 1. The zero-order valence-electron chi connectivity index (χ0n) is 25.2. The van der Waals surface area contributed by atoms with E-state index in [1.807, 2.05) is 27.7 Å². The summed E-state index contributed by atoms with van der Waals surface area (Å²) in [5.41, 5.74) is -1.54. The lowest BCUT2D eigenvalue weighted by Gasteiger charge is -2.63. The van der Waals surface area contributed by atoms with Crippen LogP contribution in [-0.4, -0.2) is 61.4 Å². The maximum atomic E-state index is 14.5. The van der Waals surface area contributed by atoms with E-state index < -0.39 is 51.7 Å². The summed E-state index contributed by atoms with van der Waals surface area (Å²) in [6.07, 6.45) is 3.33. The van der Waals surface area contributed by atoms with Gasteiger partial charge in [0.1, 0.15) is 17.6 Å². The molecule has 0 saturated heterocycles. The van der Waals surface area contributed by atoms with Crippen molar-refractivity contribution >= 4 is 17.5 Å². The van der Waals surface area contributed by atoms with Crippen LogP contribution < -0.4 is 0 Å². The predicted molar refractivity (Wildman–Crippen MR) is 152 cm³/mol. The van der Waals surface area contributed by atoms with Crippen LogP contribution in [0.5, 0.6) is 0 Å². The van der Waals surface area contributed by atoms with Gasteiger partial charge in [-0.15, -0.1) is 0 Å². The van der Waals surface area contributed by atoms with Crippen LogP contribution in [0.4, 0.5) is 0 Å². The van der Waals surface area contributed by atoms with Gasteiger partial charge in [-0.3, -0.25) is 9.59 Å². The van der Waals surface area contributed by atoms with Gasteiger partial charge in [0.2, 0.25) is 0 Å². The topological polar surface area (TPSA) is 152 Å². The maximum Gasteiger partial charge on any atom is 0.334 e. The number of aliphatic hydroxyl groups is 4. The number of carboxylic acid groups (broad SMARTS) is 1. The highest BCUT2D eigenvalue weighted by molar-refractivity contribution is 6.01. The van der Waals surface area contributed by atoms with Gasteiger partial charge in [-0.25, -0.2) is 4.79 Å². The van der Waals surface area contributed by atoms with Crippen molar-refractivity contribution < 1.29 is 39.9 Å². The second kappa shape index (κ2) is 10.0. The van der Waals surface area contributed by atoms with E-state index in [9.17, 15) is 39.9 Å². The molecule has 8 nitrogen and oxygen atoms in total. The van der Waals surface area contributed by atoms with Crippen LogP contribution in [0.1, 0.15) is 105 Å². The molecule has 2 bridgehead atoms. The van der Waals surface area contributed by atoms with Crippen LogP contribution in [0.2, 0.25) is 0 Å². The summed E-state index contributed by atoms with van der Waals surface area (Å²) in [7, 11) is 0. The molecule has 0 aliphatic heterocycles. The zero-order chi connectivity index (χ0) is 30.3. The Morgan fingerprint density at radius 2 is 1.66 bits per heavy atom. The Bertz CT molecular complexity index is 1210. The first kappa shape index (κ1) is 30.4. The Kier molecular flexibility index (Phi) is 7.44. The fraction of sp³-hybridized carbons (Fsp3) is 0.788. The highest BCUT2D eigenvalue weighted by Gasteiger charge is 2.71. The predicted octanol–water partition coefficient (Wildman–Crippen LogP) is 4.65. The largest absolute Gasteiger partial charge is 0.509 e. The standard InChI is InChI=1S/C33H48O8/c1-17(13-21(35)28(39)18(2)29(40)41)19-14-25(38)31(5)26-20(34)15-23-30(3,4)24(37)9-12-32(23)10-7-6-8-11-33(19,31)16-22(36)27(26)32/h17,19-21,23,25,34-35,38-39H,6-16H2,1-5H3,(H,40,41). The summed E-state index contributed by atoms with van der Waals surface area (Å²) in [6.45, 7) is 9.18. The van der Waals surface area contributed by atoms with Crippen LogP contribution in [-0.2, 0) is 14.4 Å². The Morgan fingerprint density at radius 1 is 1.00 bits per heavy atom. The molecule has 41 heavy (non-hydrogen) atoms. The average Bonchev–Trinajstić information content (AvgIpc) is 3.13. The molecule has 0 aromatic carbocycles. The van der Waals surface area contributed by atoms with Crippen LogP contribution in [0.15, 0.2) is 22.5 Å². The molecule has 5 rings (SSSR count). The van der Waals surface area contributed by atoms with Gasteiger partial charge < -0.3 is 25.5 Å². The molecule has 0 aromatic heterocycles. The third kappa shape index (κ3) is 4.06. The van der Waals surface area contributed by atoms with Crippen LogP contribution in [0.3, 0.4) is 0 Å². The summed E-state index contributed by atoms with van der Waals surface area (Å²) in [6, 6.07) is 0. The molecule has 9 unspecified atom stereocenters. The minimum absolute atomic E-state index is 0.0320. The molecule has 5 aliphatic rings. The van der Waals surface area contributed by atoms with E-state index in [0.29, 0.717) is 43.3 Å². The number of rotatable bonds is 5. The Balaban J connectivity index is 1.64. The molecule has 2 spiro atoms. The average molecular weight is 573 g/mol. The highest BCUT2D eigenvalue weighted by Crippen LogP contribution is 2.74. The number of aliphatic carboxylic acids is 1. The lowest BCUT2D eigenvalue weighted by atomic mass is 9.40. The minimum atomic E-state index is -1.37. The van der Waals surface area contributed by atoms with E-state index in [4.69, 9.17) is 0 Å². The molecule has 0 aromatic rings. The van der Waals surface area contributed by atoms with Crippen molar-refractivity contribution in [3.8, 4) is 0 Å². The van der Waals surface area contributed by atoms with Gasteiger partial charge in [-0.1, -0.05) is 47.0 Å². The smallest absolute Gasteiger partial charge is 0.334 e. The summed E-state index contributed by atoms with van der Waals surface area (Å²) >= 11 is 0. The van der Waals surface area contributed by atoms with Gasteiger partial charge in [0.15, 0.2) is 5.78 Å². The van der Waals surface area contributed by atoms with Gasteiger partial charge in [0, 0.05) is 34.7 Å². The SMILES string of the molecule is CC(C(=O)O)=C(O)C(O)CC(C)C1CC(O)C2(C)C3=C4C(=O)CC12CCCCCC41CCC(=O)C(C)(C)C1CC3O. The van der Waals surface area contributed by atoms with Crippen molar-refractivity contribution in [3.63, 3.8) is 0 Å². The number of allylic oxidation sites excluding steroid dienone is 1. The van der Waals surface area contributed by atoms with Crippen molar-refractivity contribution in [1.29, 1.82) is 0 Å². The third-order valence-corrected chi connectivity index (χ3v) is 12.9. The molecular formula is C33H48O8. The van der Waals surface area contributed by atoms with Crippen molar-refractivity contribution in [2.75, 3.05) is 0 Å². The van der Waals surface area contributed by atoms with Crippen molar-refractivity contribution in [2.45, 2.75) is 124 Å². The van der Waals surface area contributed by atoms with Crippen molar-refractivity contribution in [2.24, 2.45) is 39.4 Å². The summed E-state index contributed by atoms with van der Waals surface area (Å²) in [4.78, 5) is 39.1. The van der Waals surface area contributed by atoms with E-state index in [1.165, 1.54) is 6.92 Å². The quantitative estimate of drug-likeness (QED) is 0.236. The Labute approximate surface area is 242 Å². The van der Waals surface area contributed by atoms with Crippen LogP contribution >= 0.6 is 0 Å². The van der Waals surface area contributed by atoms with Gasteiger partial charge in [0.05, 0.1) is 17.8 Å². The Hall–Kier alpha value is -2.03. The minimum Gasteiger partial charge on any atom is -0.509 e. The third-order valence-electron chi connectivity index (χ3n) is 12.9. The second-order valence-corrected chi connectivity index (χ2v) is 14.8. The van der Waals surface area contributed by atoms with E-state index in [-0.39, 0.29) is 47.7 Å². The van der Waals surface area contributed by atoms with Crippen LogP contribution in [0.25, 0.3) is 0 Å². The number of carbonyl (C=O) groups excluding carboxylic acids is 2. The van der Waals surface area contributed by atoms with Gasteiger partial charge in [-0.2, -0.15) is 0 Å². The van der Waals surface area contributed by atoms with Crippen molar-refractivity contribution in [1.82, 2.24) is 0 Å². The number of hydrogen-bond acceptors (Lipinski definition) is 7. The van der Waals surface area contributed by atoms with E-state index in [1.54, 1.807) is 0 Å². The Morgan fingerprint density at radius 3 is 2.32 bits per heavy atom. The molecule has 5 aliphatic carbocycles. The first-order chi connectivity index (χ1) is 19.1. The molecular weight excluding hydrogens is 524 g/mol. The van der Waals surface area contributed by atoms with Gasteiger partial charge in [-0.05, 0) is 74.2 Å². The van der Waals surface area contributed by atoms with Crippen molar-refractivity contribution in [3.05, 3.63) is 22.5 Å². The molecule has 0 radical (unpaired) electrons. The number of hydrogen-bond donors (Lipinski definition) is 5. The maximum absolute atomic E-state index is 14.5. The van der Waals surface area contributed by atoms with E-state index in [0.717, 1.165) is 25.7 Å². The number of carbonyl (C=O) groups is 3. The second-order valence-electron chi connectivity index (χ2n) is 14.8. The number of fused-ring (bicyclic) bond motifs is 2. The normalized spacial score (nSPS) is 42.2. The molecule has 5 N–H and O–H groups in total. The lowest BCUT2D eigenvalue weighted by Crippen LogP contribution is -2.62. The van der Waals surface area contributed by atoms with E-state index in [2.05, 4.69) is 0 Å². The molecule has 9 atom stereocenters. The first-order valence-electron chi connectivity index (χ1n) is 15.5. The van der Waals surface area contributed by atoms with Crippen LogP contribution in [0, 0.1) is 39.4 Å². The molecule has 0 heterocycles. The summed E-state index contributed by atoms with van der Waals surface area (Å²) in [5, 5.41) is 54.3. The highest BCUT2D eigenvalue weighted by atomic mass is 16.4. The molecule has 8 heteroatoms. The number of ketones is 2. The summed E-state index contributed by atoms with van der Waals surface area (Å²) in [5.74, 6) is -2.20. The zero-order valence-corrected chi connectivity index (χ0v) is 25.2. The van der Waals surface area contributed by atoms with Gasteiger partial charge in [0.25, 0.3) is 0 Å². The molecule has 3 saturated carbocycles. The fourth-order valence-corrected chi connectivity index (χ4v) is 10.7. The summed E-state index contributed by atoms with van der Waals surface area (Å²) < 4.78 is 0. The molecule has 0 amide bonds. The fourth-order valence-electron chi connectivity index (χ4n) is 10.7.